The lowest BCUT2D eigenvalue weighted by atomic mass is 9.98. The lowest BCUT2D eigenvalue weighted by molar-refractivity contribution is -0.317. The van der Waals surface area contributed by atoms with E-state index in [0.29, 0.717) is 28.7 Å². The minimum Gasteiger partial charge on any atom is -0.480 e. The van der Waals surface area contributed by atoms with Gasteiger partial charge in [-0.05, 0) is 74.7 Å². The molecule has 90 heavy (non-hydrogen) atoms. The Bertz CT molecular complexity index is 4200. The number of nitrogens with one attached hydrogen (secondary N) is 10. The van der Waals surface area contributed by atoms with Crippen LogP contribution in [-0.2, 0) is 78.9 Å². The van der Waals surface area contributed by atoms with E-state index in [0.717, 1.165) is 65.9 Å². The van der Waals surface area contributed by atoms with Crippen molar-refractivity contribution in [3.63, 3.8) is 0 Å². The Morgan fingerprint density at radius 1 is 0.489 bits per heavy atom. The summed E-state index contributed by atoms with van der Waals surface area (Å²) >= 11 is 0. The third kappa shape index (κ3) is 14.0. The number of alkyl carbamates (subject to hydrolysis) is 1. The van der Waals surface area contributed by atoms with Crippen LogP contribution in [0.3, 0.4) is 0 Å². The molecule has 11 rings (SSSR count). The van der Waals surface area contributed by atoms with Crippen LogP contribution in [0.2, 0.25) is 0 Å². The molecule has 4 heterocycles. The Balaban J connectivity index is 0.812. The van der Waals surface area contributed by atoms with Crippen molar-refractivity contribution in [2.45, 2.75) is 82.1 Å². The maximum absolute atomic E-state index is 14.9. The molecule has 10 aromatic rings. The van der Waals surface area contributed by atoms with Crippen molar-refractivity contribution in [3.8, 4) is 11.1 Å². The zero-order chi connectivity index (χ0) is 62.7. The van der Waals surface area contributed by atoms with E-state index in [1.807, 2.05) is 146 Å². The Labute approximate surface area is 514 Å². The fraction of sp³-hybridized carbons (Fsp3) is 0.239. The van der Waals surface area contributed by atoms with E-state index in [2.05, 4.69) is 52.2 Å². The third-order valence-corrected chi connectivity index (χ3v) is 16.4. The number of hydrogen-bond acceptors (Lipinski definition) is 14. The van der Waals surface area contributed by atoms with E-state index < -0.39 is 84.4 Å². The Hall–Kier alpha value is -10.6. The highest BCUT2D eigenvalue weighted by molar-refractivity contribution is 5.94. The van der Waals surface area contributed by atoms with Gasteiger partial charge in [-0.2, -0.15) is 0 Å². The number of benzene rings is 6. The van der Waals surface area contributed by atoms with Crippen LogP contribution >= 0.6 is 0 Å². The van der Waals surface area contributed by atoms with Crippen molar-refractivity contribution < 1.29 is 63.2 Å². The molecule has 0 saturated carbocycles. The number of hydroxylamine groups is 2. The zero-order valence-corrected chi connectivity index (χ0v) is 49.0. The van der Waals surface area contributed by atoms with Crippen LogP contribution in [-0.4, -0.2) is 110 Å². The van der Waals surface area contributed by atoms with Crippen molar-refractivity contribution >= 4 is 85.3 Å². The predicted molar refractivity (Wildman–Crippen MR) is 332 cm³/mol. The topological polar surface area (TPSA) is 321 Å². The number of carbonyl (C=O) groups is 7. The van der Waals surface area contributed by atoms with Crippen molar-refractivity contribution in [1.29, 1.82) is 0 Å². The van der Waals surface area contributed by atoms with Gasteiger partial charge in [-0.25, -0.2) is 14.4 Å². The van der Waals surface area contributed by atoms with E-state index in [4.69, 9.17) is 24.5 Å². The van der Waals surface area contributed by atoms with Gasteiger partial charge in [0.15, 0.2) is 0 Å². The van der Waals surface area contributed by atoms with Gasteiger partial charge >= 0.3 is 24.0 Å². The Morgan fingerprint density at radius 3 is 1.32 bits per heavy atom. The van der Waals surface area contributed by atoms with Crippen LogP contribution in [0.25, 0.3) is 54.7 Å². The average molecular weight is 1220 g/mol. The first kappa shape index (κ1) is 61.1. The highest BCUT2D eigenvalue weighted by Crippen LogP contribution is 2.44. The van der Waals surface area contributed by atoms with Gasteiger partial charge in [0, 0.05) is 100 Å². The van der Waals surface area contributed by atoms with Crippen LogP contribution < -0.4 is 32.2 Å². The molecule has 23 heteroatoms. The quantitative estimate of drug-likeness (QED) is 0.0165. The van der Waals surface area contributed by atoms with Gasteiger partial charge in [0.2, 0.25) is 17.7 Å². The number of ether oxygens (including phenoxy) is 1. The first-order valence-corrected chi connectivity index (χ1v) is 29.5. The second-order valence-corrected chi connectivity index (χ2v) is 22.1. The number of aromatic nitrogens is 4. The second-order valence-electron chi connectivity index (χ2n) is 22.1. The molecule has 23 nitrogen and oxygen atoms in total. The Kier molecular flexibility index (Phi) is 19.0. The molecule has 0 aliphatic heterocycles. The SMILES string of the molecule is CC[C@H](C)[C@H](NOOC(=O)[C@@H](Cc1c[nH]c2ccccc12)NC(=O)[C@@H](Cc1c[nH]c2ccccc12)NOOC(=O)[C@@H](Cc1c[nH]c2ccccc12)NC(=O)[C@@H](Cc1c[nH]c2ccccc12)NC(=O)CNC(=O)OCC1c2ccccc2-c2ccccc21)C(=O)O. The van der Waals surface area contributed by atoms with E-state index in [1.165, 1.54) is 0 Å². The molecule has 4 aromatic heterocycles. The molecule has 0 fully saturated rings. The number of para-hydroxylation sites is 4. The molecule has 0 spiro atoms. The predicted octanol–water partition coefficient (Wildman–Crippen LogP) is 7.70. The molecule has 1 aliphatic carbocycles. The molecule has 0 bridgehead atoms. The average Bonchev–Trinajstić information content (AvgIpc) is 1.67. The fourth-order valence-corrected chi connectivity index (χ4v) is 11.5. The molecule has 4 amide bonds. The van der Waals surface area contributed by atoms with E-state index in [1.54, 1.807) is 38.6 Å². The second kappa shape index (κ2) is 28.1. The maximum atomic E-state index is 14.9. The van der Waals surface area contributed by atoms with Crippen LogP contribution in [0, 0.1) is 5.92 Å². The fourth-order valence-electron chi connectivity index (χ4n) is 11.5. The van der Waals surface area contributed by atoms with Crippen molar-refractivity contribution in [1.82, 2.24) is 52.2 Å². The highest BCUT2D eigenvalue weighted by atomic mass is 17.3. The minimum atomic E-state index is -1.51. The van der Waals surface area contributed by atoms with Gasteiger partial charge in [0.25, 0.3) is 0 Å². The normalized spacial score (nSPS) is 14.0. The van der Waals surface area contributed by atoms with Crippen molar-refractivity contribution in [3.05, 3.63) is 204 Å². The van der Waals surface area contributed by atoms with Crippen molar-refractivity contribution in [2.75, 3.05) is 13.2 Å². The first-order valence-electron chi connectivity index (χ1n) is 29.5. The molecular formula is C67H66N10O13. The molecule has 0 unspecified atom stereocenters. The molecular weight excluding hydrogens is 1150 g/mol. The summed E-state index contributed by atoms with van der Waals surface area (Å²) in [7, 11) is 0. The summed E-state index contributed by atoms with van der Waals surface area (Å²) in [6, 6.07) is 38.2. The standard InChI is InChI=1S/C67H66N10O13/c1-3-38(2)61(64(81)82)77-90-88-66(84)59(31-42-35-71-55-27-15-11-19-46(42)55)75-63(80)57(29-40-33-69-53-25-13-9-17-44(40)53)76-89-87-65(83)58(30-41-34-70-54-26-14-10-18-45(41)54)74-62(79)56(28-39-32-68-52-24-12-8-16-43(39)52)73-60(78)36-72-67(85)86-37-51-49-22-6-4-20-47(49)48-21-5-7-23-50(48)51/h4-27,32-35,38,51,56-59,61,68-71,76-77H,3,28-31,36-37H2,1-2H3,(H,72,85)(H,73,78)(H,74,79)(H,75,80)(H,81,82)/t38-,56+,57+,58+,59+,61-/m0/s1. The number of aromatic amines is 4. The first-order chi connectivity index (χ1) is 43.8. The number of aliphatic carboxylic acids is 1. The zero-order valence-electron chi connectivity index (χ0n) is 49.0. The van der Waals surface area contributed by atoms with Gasteiger partial charge in [-0.1, -0.05) is 152 Å². The molecule has 1 aliphatic rings. The van der Waals surface area contributed by atoms with Crippen LogP contribution in [0.1, 0.15) is 59.6 Å². The molecule has 0 saturated heterocycles. The van der Waals surface area contributed by atoms with Gasteiger partial charge < -0.3 is 51.0 Å². The van der Waals surface area contributed by atoms with Gasteiger partial charge in [-0.15, -0.1) is 11.0 Å². The van der Waals surface area contributed by atoms with E-state index >= 15 is 0 Å². The summed E-state index contributed by atoms with van der Waals surface area (Å²) in [5, 5.41) is 23.6. The number of carboxylic acids is 1. The number of fused-ring (bicyclic) bond motifs is 7. The van der Waals surface area contributed by atoms with Crippen LogP contribution in [0.5, 0.6) is 0 Å². The van der Waals surface area contributed by atoms with Crippen LogP contribution in [0.4, 0.5) is 4.79 Å². The summed E-state index contributed by atoms with van der Waals surface area (Å²) in [6.45, 7) is 2.92. The largest absolute Gasteiger partial charge is 0.480 e. The number of H-pyrrole nitrogens is 4. The molecule has 6 aromatic carbocycles. The number of carboxylic acid groups (broad SMARTS) is 1. The molecule has 11 N–H and O–H groups in total. The monoisotopic (exact) mass is 1220 g/mol. The minimum absolute atomic E-state index is 0.00739. The van der Waals surface area contributed by atoms with Crippen molar-refractivity contribution in [2.24, 2.45) is 5.92 Å². The number of carbonyl (C=O) groups excluding carboxylic acids is 6. The maximum Gasteiger partial charge on any atom is 0.407 e. The Morgan fingerprint density at radius 2 is 0.878 bits per heavy atom. The summed E-state index contributed by atoms with van der Waals surface area (Å²) < 4.78 is 5.68. The summed E-state index contributed by atoms with van der Waals surface area (Å²) in [4.78, 5) is 131. The third-order valence-electron chi connectivity index (χ3n) is 16.4. The summed E-state index contributed by atoms with van der Waals surface area (Å²) in [5.41, 5.74) is 14.5. The lowest BCUT2D eigenvalue weighted by Crippen LogP contribution is -2.55. The smallest absolute Gasteiger partial charge is 0.407 e. The van der Waals surface area contributed by atoms with E-state index in [9.17, 15) is 38.7 Å². The van der Waals surface area contributed by atoms with Gasteiger partial charge in [-0.3, -0.25) is 29.0 Å². The van der Waals surface area contributed by atoms with Crippen LogP contribution in [0.15, 0.2) is 170 Å². The molecule has 6 atom stereocenters. The number of amides is 4. The van der Waals surface area contributed by atoms with Gasteiger partial charge in [0.05, 0.1) is 0 Å². The summed E-state index contributed by atoms with van der Waals surface area (Å²) in [6.07, 6.45) is 5.93. The molecule has 462 valence electrons. The molecule has 0 radical (unpaired) electrons. The number of rotatable bonds is 28. The number of hydrogen-bond donors (Lipinski definition) is 11. The van der Waals surface area contributed by atoms with E-state index in [-0.39, 0.29) is 38.2 Å². The lowest BCUT2D eigenvalue weighted by Gasteiger charge is -2.24. The summed E-state index contributed by atoms with van der Waals surface area (Å²) in [5.74, 6) is -6.46. The van der Waals surface area contributed by atoms with Gasteiger partial charge in [0.1, 0.15) is 43.4 Å². The highest BCUT2D eigenvalue weighted by Gasteiger charge is 2.35.